The Bertz CT molecular complexity index is 988. The molecule has 116 valence electrons. The Balaban J connectivity index is 2.33. The molecule has 0 radical (unpaired) electrons. The molecular weight excluding hydrogens is 332 g/mol. The first-order chi connectivity index (χ1) is 10.8. The maximum Gasteiger partial charge on any atom is 0.220 e. The molecule has 0 fully saturated rings. The van der Waals surface area contributed by atoms with Gasteiger partial charge in [0.05, 0.1) is 21.3 Å². The van der Waals surface area contributed by atoms with Gasteiger partial charge in [0.2, 0.25) is 9.84 Å². The molecular formula is C17H13ClN2O2S. The standard InChI is InChI=1S/C17H13ClN2O2S/c1-11-3-5-15(14(18)7-11)20-10-13(9-19)23(21,22)17-6-4-12(2)8-16(17)20/h3-8,10H,1-2H3. The Labute approximate surface area is 140 Å². The average Bonchev–Trinajstić information content (AvgIpc) is 2.48. The minimum absolute atomic E-state index is 0.110. The van der Waals surface area contributed by atoms with Crippen LogP contribution in [0.25, 0.3) is 0 Å². The summed E-state index contributed by atoms with van der Waals surface area (Å²) in [6.45, 7) is 3.80. The minimum atomic E-state index is -3.80. The van der Waals surface area contributed by atoms with Crippen LogP contribution >= 0.6 is 11.6 Å². The Morgan fingerprint density at radius 2 is 1.70 bits per heavy atom. The number of hydrogen-bond donors (Lipinski definition) is 0. The molecule has 23 heavy (non-hydrogen) atoms. The van der Waals surface area contributed by atoms with Gasteiger partial charge in [-0.1, -0.05) is 23.7 Å². The first-order valence-corrected chi connectivity index (χ1v) is 8.74. The van der Waals surface area contributed by atoms with Crippen LogP contribution in [0.2, 0.25) is 5.02 Å². The van der Waals surface area contributed by atoms with Gasteiger partial charge in [0.15, 0.2) is 4.91 Å². The molecule has 0 saturated heterocycles. The number of aryl methyl sites for hydroxylation is 2. The predicted octanol–water partition coefficient (Wildman–Crippen LogP) is 4.25. The molecule has 0 spiro atoms. The van der Waals surface area contributed by atoms with Crippen molar-refractivity contribution >= 4 is 32.8 Å². The molecule has 2 aromatic rings. The number of halogens is 1. The van der Waals surface area contributed by atoms with E-state index in [1.165, 1.54) is 12.3 Å². The van der Waals surface area contributed by atoms with Crippen molar-refractivity contribution in [3.63, 3.8) is 0 Å². The lowest BCUT2D eigenvalue weighted by Crippen LogP contribution is -2.21. The fourth-order valence-corrected chi connectivity index (χ4v) is 4.12. The molecule has 0 amide bonds. The van der Waals surface area contributed by atoms with E-state index in [9.17, 15) is 13.7 Å². The number of nitrogens with zero attached hydrogens (tertiary/aromatic N) is 2. The zero-order valence-corrected chi connectivity index (χ0v) is 14.1. The second-order valence-corrected chi connectivity index (χ2v) is 7.70. The van der Waals surface area contributed by atoms with Crippen LogP contribution < -0.4 is 4.90 Å². The van der Waals surface area contributed by atoms with Gasteiger partial charge in [0, 0.05) is 6.20 Å². The molecule has 4 nitrogen and oxygen atoms in total. The highest BCUT2D eigenvalue weighted by Crippen LogP contribution is 2.42. The number of sulfone groups is 1. The summed E-state index contributed by atoms with van der Waals surface area (Å²) in [6.07, 6.45) is 1.33. The maximum absolute atomic E-state index is 12.5. The zero-order valence-electron chi connectivity index (χ0n) is 12.5. The molecule has 0 aromatic heterocycles. The van der Waals surface area contributed by atoms with Crippen LogP contribution in [-0.2, 0) is 9.84 Å². The first kappa shape index (κ1) is 15.6. The van der Waals surface area contributed by atoms with Gasteiger partial charge in [-0.3, -0.25) is 0 Å². The third kappa shape index (κ3) is 2.50. The molecule has 0 bridgehead atoms. The lowest BCUT2D eigenvalue weighted by atomic mass is 10.1. The molecule has 1 aliphatic heterocycles. The SMILES string of the molecule is Cc1ccc(N2C=C(C#N)S(=O)(=O)c3ccc(C)cc32)c(Cl)c1. The van der Waals surface area contributed by atoms with Gasteiger partial charge < -0.3 is 4.90 Å². The number of rotatable bonds is 1. The maximum atomic E-state index is 12.5. The molecule has 6 heteroatoms. The average molecular weight is 345 g/mol. The summed E-state index contributed by atoms with van der Waals surface area (Å²) < 4.78 is 25.0. The van der Waals surface area contributed by atoms with E-state index in [0.29, 0.717) is 16.4 Å². The molecule has 0 N–H and O–H groups in total. The van der Waals surface area contributed by atoms with E-state index >= 15 is 0 Å². The number of benzene rings is 2. The van der Waals surface area contributed by atoms with Gasteiger partial charge in [-0.05, 0) is 49.2 Å². The fourth-order valence-electron chi connectivity index (χ4n) is 2.51. The summed E-state index contributed by atoms with van der Waals surface area (Å²) >= 11 is 6.33. The highest BCUT2D eigenvalue weighted by molar-refractivity contribution is 7.95. The molecule has 1 aliphatic rings. The number of fused-ring (bicyclic) bond motifs is 1. The van der Waals surface area contributed by atoms with E-state index in [1.807, 2.05) is 26.0 Å². The zero-order chi connectivity index (χ0) is 16.8. The Kier molecular flexibility index (Phi) is 3.67. The summed E-state index contributed by atoms with van der Waals surface area (Å²) in [5.74, 6) is 0. The second-order valence-electron chi connectivity index (χ2n) is 5.40. The summed E-state index contributed by atoms with van der Waals surface area (Å²) in [4.78, 5) is 1.47. The highest BCUT2D eigenvalue weighted by atomic mass is 35.5. The fraction of sp³-hybridized carbons (Fsp3) is 0.118. The topological polar surface area (TPSA) is 61.2 Å². The Morgan fingerprint density at radius 1 is 1.04 bits per heavy atom. The van der Waals surface area contributed by atoms with E-state index < -0.39 is 9.84 Å². The van der Waals surface area contributed by atoms with Crippen molar-refractivity contribution in [1.82, 2.24) is 0 Å². The molecule has 3 rings (SSSR count). The minimum Gasteiger partial charge on any atom is -0.312 e. The van der Waals surface area contributed by atoms with Gasteiger partial charge >= 0.3 is 0 Å². The molecule has 1 heterocycles. The lowest BCUT2D eigenvalue weighted by molar-refractivity contribution is 0.602. The summed E-state index contributed by atoms with van der Waals surface area (Å²) in [5, 5.41) is 9.72. The van der Waals surface area contributed by atoms with E-state index in [4.69, 9.17) is 11.6 Å². The van der Waals surface area contributed by atoms with E-state index in [0.717, 1.165) is 11.1 Å². The van der Waals surface area contributed by atoms with Crippen molar-refractivity contribution < 1.29 is 8.42 Å². The van der Waals surface area contributed by atoms with Gasteiger partial charge in [0.25, 0.3) is 0 Å². The third-order valence-electron chi connectivity index (χ3n) is 3.67. The van der Waals surface area contributed by atoms with Crippen LogP contribution in [0, 0.1) is 25.2 Å². The van der Waals surface area contributed by atoms with Crippen LogP contribution in [-0.4, -0.2) is 8.42 Å². The number of nitriles is 1. The first-order valence-electron chi connectivity index (χ1n) is 6.87. The Morgan fingerprint density at radius 3 is 2.35 bits per heavy atom. The van der Waals surface area contributed by atoms with Crippen molar-refractivity contribution in [1.29, 1.82) is 5.26 Å². The summed E-state index contributed by atoms with van der Waals surface area (Å²) in [7, 11) is -3.80. The monoisotopic (exact) mass is 344 g/mol. The molecule has 0 unspecified atom stereocenters. The van der Waals surface area contributed by atoms with Crippen LogP contribution in [0.1, 0.15) is 11.1 Å². The van der Waals surface area contributed by atoms with Crippen molar-refractivity contribution in [2.45, 2.75) is 18.7 Å². The third-order valence-corrected chi connectivity index (χ3v) is 5.67. The second kappa shape index (κ2) is 5.41. The number of allylic oxidation sites excluding steroid dienone is 1. The predicted molar refractivity (Wildman–Crippen MR) is 90.4 cm³/mol. The number of anilines is 2. The normalized spacial score (nSPS) is 15.6. The van der Waals surface area contributed by atoms with Crippen molar-refractivity contribution in [2.75, 3.05) is 4.90 Å². The van der Waals surface area contributed by atoms with Crippen molar-refractivity contribution in [3.8, 4) is 6.07 Å². The molecule has 2 aromatic carbocycles. The van der Waals surface area contributed by atoms with Gasteiger partial charge in [-0.2, -0.15) is 5.26 Å². The van der Waals surface area contributed by atoms with Gasteiger partial charge in [-0.25, -0.2) is 8.42 Å². The van der Waals surface area contributed by atoms with Crippen LogP contribution in [0.5, 0.6) is 0 Å². The van der Waals surface area contributed by atoms with E-state index in [2.05, 4.69) is 0 Å². The van der Waals surface area contributed by atoms with Crippen LogP contribution in [0.4, 0.5) is 11.4 Å². The van der Waals surface area contributed by atoms with Gasteiger partial charge in [0.1, 0.15) is 6.07 Å². The molecule has 0 saturated carbocycles. The van der Waals surface area contributed by atoms with Gasteiger partial charge in [-0.15, -0.1) is 0 Å². The summed E-state index contributed by atoms with van der Waals surface area (Å²) in [5.41, 5.74) is 3.04. The Hall–Kier alpha value is -2.29. The molecule has 0 aliphatic carbocycles. The number of hydrogen-bond acceptors (Lipinski definition) is 4. The van der Waals surface area contributed by atoms with Crippen molar-refractivity contribution in [2.24, 2.45) is 0 Å². The van der Waals surface area contributed by atoms with E-state index in [-0.39, 0.29) is 9.80 Å². The summed E-state index contributed by atoms with van der Waals surface area (Å²) in [6, 6.07) is 12.3. The van der Waals surface area contributed by atoms with Crippen molar-refractivity contribution in [3.05, 3.63) is 63.7 Å². The highest BCUT2D eigenvalue weighted by Gasteiger charge is 2.32. The van der Waals surface area contributed by atoms with Crippen LogP contribution in [0.15, 0.2) is 52.4 Å². The van der Waals surface area contributed by atoms with Crippen LogP contribution in [0.3, 0.4) is 0 Å². The van der Waals surface area contributed by atoms with E-state index in [1.54, 1.807) is 29.2 Å². The lowest BCUT2D eigenvalue weighted by Gasteiger charge is -2.28. The molecule has 0 atom stereocenters. The quantitative estimate of drug-likeness (QED) is 0.776. The largest absolute Gasteiger partial charge is 0.312 e. The smallest absolute Gasteiger partial charge is 0.220 e.